The fourth-order valence-corrected chi connectivity index (χ4v) is 1.89. The molecule has 100 valence electrons. The minimum Gasteiger partial charge on any atom is -0.394 e. The molecule has 0 radical (unpaired) electrons. The Morgan fingerprint density at radius 3 is 2.47 bits per heavy atom. The molecule has 2 rings (SSSR count). The highest BCUT2D eigenvalue weighted by Gasteiger charge is 2.10. The Bertz CT molecular complexity index is 502. The molecule has 0 saturated carbocycles. The van der Waals surface area contributed by atoms with Crippen molar-refractivity contribution in [3.63, 3.8) is 0 Å². The molecule has 2 aromatic rings. The average molecular weight is 257 g/mol. The molecule has 0 aliphatic heterocycles. The number of rotatable bonds is 6. The molecule has 0 aliphatic rings. The van der Waals surface area contributed by atoms with E-state index >= 15 is 0 Å². The van der Waals surface area contributed by atoms with Crippen molar-refractivity contribution in [3.05, 3.63) is 54.1 Å². The largest absolute Gasteiger partial charge is 0.394 e. The van der Waals surface area contributed by atoms with E-state index in [2.05, 4.69) is 15.6 Å². The third-order valence-electron chi connectivity index (χ3n) is 2.81. The first-order chi connectivity index (χ1) is 9.33. The van der Waals surface area contributed by atoms with Crippen LogP contribution in [0.3, 0.4) is 0 Å². The zero-order chi connectivity index (χ0) is 13.5. The first-order valence-electron chi connectivity index (χ1n) is 6.46. The lowest BCUT2D eigenvalue weighted by Gasteiger charge is -2.17. The molecule has 1 heterocycles. The van der Waals surface area contributed by atoms with Crippen molar-refractivity contribution < 1.29 is 5.11 Å². The van der Waals surface area contributed by atoms with Crippen LogP contribution in [0.1, 0.15) is 18.5 Å². The van der Waals surface area contributed by atoms with Crippen LogP contribution in [0, 0.1) is 0 Å². The predicted molar refractivity (Wildman–Crippen MR) is 78.3 cm³/mol. The Balaban J connectivity index is 2.12. The van der Waals surface area contributed by atoms with Crippen LogP contribution in [-0.4, -0.2) is 23.2 Å². The fraction of sp³-hybridized carbons (Fsp3) is 0.267. The molecule has 19 heavy (non-hydrogen) atoms. The summed E-state index contributed by atoms with van der Waals surface area (Å²) in [6, 6.07) is 15.5. The topological polar surface area (TPSA) is 57.2 Å². The molecule has 0 aliphatic carbocycles. The van der Waals surface area contributed by atoms with Crippen LogP contribution < -0.4 is 10.6 Å². The van der Waals surface area contributed by atoms with Crippen LogP contribution in [-0.2, 0) is 0 Å². The van der Waals surface area contributed by atoms with Crippen molar-refractivity contribution in [2.45, 2.75) is 13.0 Å². The van der Waals surface area contributed by atoms with Gasteiger partial charge in [0, 0.05) is 6.54 Å². The Morgan fingerprint density at radius 2 is 1.79 bits per heavy atom. The van der Waals surface area contributed by atoms with Crippen molar-refractivity contribution >= 4 is 11.6 Å². The van der Waals surface area contributed by atoms with Gasteiger partial charge >= 0.3 is 0 Å². The minimum atomic E-state index is -0.148. The zero-order valence-corrected chi connectivity index (χ0v) is 11.0. The summed E-state index contributed by atoms with van der Waals surface area (Å²) in [7, 11) is 0. The number of hydrogen-bond donors (Lipinski definition) is 3. The van der Waals surface area contributed by atoms with Gasteiger partial charge < -0.3 is 15.7 Å². The number of nitrogens with zero attached hydrogens (tertiary/aromatic N) is 1. The number of aromatic nitrogens is 1. The fourth-order valence-electron chi connectivity index (χ4n) is 1.89. The van der Waals surface area contributed by atoms with Crippen LogP contribution in [0.2, 0.25) is 0 Å². The number of aliphatic hydroxyl groups is 1. The van der Waals surface area contributed by atoms with Crippen LogP contribution >= 0.6 is 0 Å². The zero-order valence-electron chi connectivity index (χ0n) is 11.0. The van der Waals surface area contributed by atoms with E-state index in [1.54, 1.807) is 0 Å². The lowest BCUT2D eigenvalue weighted by molar-refractivity contribution is 0.276. The monoisotopic (exact) mass is 257 g/mol. The van der Waals surface area contributed by atoms with Gasteiger partial charge in [-0.1, -0.05) is 36.4 Å². The summed E-state index contributed by atoms with van der Waals surface area (Å²) in [6.45, 7) is 2.89. The Labute approximate surface area is 113 Å². The third-order valence-corrected chi connectivity index (χ3v) is 2.81. The summed E-state index contributed by atoms with van der Waals surface area (Å²) < 4.78 is 0. The van der Waals surface area contributed by atoms with Gasteiger partial charge in [0.2, 0.25) is 0 Å². The van der Waals surface area contributed by atoms with Gasteiger partial charge in [0.15, 0.2) is 0 Å². The number of hydrogen-bond acceptors (Lipinski definition) is 4. The van der Waals surface area contributed by atoms with Crippen molar-refractivity contribution in [1.82, 2.24) is 4.98 Å². The van der Waals surface area contributed by atoms with Gasteiger partial charge in [-0.3, -0.25) is 0 Å². The summed E-state index contributed by atoms with van der Waals surface area (Å²) in [5.41, 5.74) is 1.04. The summed E-state index contributed by atoms with van der Waals surface area (Å²) in [6.07, 6.45) is 0. The highest BCUT2D eigenvalue weighted by Crippen LogP contribution is 2.18. The highest BCUT2D eigenvalue weighted by molar-refractivity contribution is 5.46. The molecule has 1 aromatic carbocycles. The van der Waals surface area contributed by atoms with E-state index in [1.165, 1.54) is 0 Å². The molecule has 1 atom stereocenters. The van der Waals surface area contributed by atoms with E-state index < -0.39 is 0 Å². The molecule has 0 saturated heterocycles. The minimum absolute atomic E-state index is 0.0249. The lowest BCUT2D eigenvalue weighted by atomic mass is 10.1. The van der Waals surface area contributed by atoms with Gasteiger partial charge in [-0.2, -0.15) is 0 Å². The Kier molecular flexibility index (Phi) is 4.75. The summed E-state index contributed by atoms with van der Waals surface area (Å²) in [4.78, 5) is 4.44. The van der Waals surface area contributed by atoms with Gasteiger partial charge in [-0.15, -0.1) is 0 Å². The van der Waals surface area contributed by atoms with E-state index in [9.17, 15) is 5.11 Å². The summed E-state index contributed by atoms with van der Waals surface area (Å²) in [5, 5.41) is 15.9. The van der Waals surface area contributed by atoms with E-state index in [1.807, 2.05) is 55.5 Å². The summed E-state index contributed by atoms with van der Waals surface area (Å²) >= 11 is 0. The second-order valence-electron chi connectivity index (χ2n) is 4.23. The Hall–Kier alpha value is -2.07. The van der Waals surface area contributed by atoms with Gasteiger partial charge in [-0.05, 0) is 24.6 Å². The molecule has 4 nitrogen and oxygen atoms in total. The maximum Gasteiger partial charge on any atom is 0.128 e. The smallest absolute Gasteiger partial charge is 0.128 e. The van der Waals surface area contributed by atoms with Gasteiger partial charge in [0.25, 0.3) is 0 Å². The third kappa shape index (κ3) is 3.69. The molecule has 3 N–H and O–H groups in total. The van der Waals surface area contributed by atoms with Crippen LogP contribution in [0.4, 0.5) is 11.6 Å². The average Bonchev–Trinajstić information content (AvgIpc) is 2.46. The molecule has 0 spiro atoms. The standard InChI is InChI=1S/C15H19N3O/c1-2-16-14-9-6-10-15(18-14)17-13(11-19)12-7-4-3-5-8-12/h3-10,13,19H,2,11H2,1H3,(H2,16,17,18). The molecule has 4 heteroatoms. The number of pyridine rings is 1. The molecular weight excluding hydrogens is 238 g/mol. The molecule has 1 aromatic heterocycles. The van der Waals surface area contributed by atoms with E-state index in [4.69, 9.17) is 0 Å². The molecule has 0 amide bonds. The van der Waals surface area contributed by atoms with Crippen molar-refractivity contribution in [2.75, 3.05) is 23.8 Å². The molecule has 0 bridgehead atoms. The number of aliphatic hydroxyl groups excluding tert-OH is 1. The number of anilines is 2. The maximum absolute atomic E-state index is 9.51. The van der Waals surface area contributed by atoms with Gasteiger partial charge in [0.05, 0.1) is 12.6 Å². The van der Waals surface area contributed by atoms with Crippen LogP contribution in [0.25, 0.3) is 0 Å². The Morgan fingerprint density at radius 1 is 1.05 bits per heavy atom. The number of benzene rings is 1. The number of nitrogens with one attached hydrogen (secondary N) is 2. The molecule has 1 unspecified atom stereocenters. The van der Waals surface area contributed by atoms with Crippen molar-refractivity contribution in [1.29, 1.82) is 0 Å². The molecular formula is C15H19N3O. The quantitative estimate of drug-likeness (QED) is 0.744. The van der Waals surface area contributed by atoms with E-state index in [0.717, 1.165) is 23.7 Å². The van der Waals surface area contributed by atoms with Gasteiger partial charge in [0.1, 0.15) is 11.6 Å². The first-order valence-corrected chi connectivity index (χ1v) is 6.46. The second kappa shape index (κ2) is 6.75. The van der Waals surface area contributed by atoms with Crippen molar-refractivity contribution in [2.24, 2.45) is 0 Å². The van der Waals surface area contributed by atoms with Crippen LogP contribution in [0.5, 0.6) is 0 Å². The van der Waals surface area contributed by atoms with Crippen molar-refractivity contribution in [3.8, 4) is 0 Å². The van der Waals surface area contributed by atoms with Gasteiger partial charge in [-0.25, -0.2) is 4.98 Å². The SMILES string of the molecule is CCNc1cccc(NC(CO)c2ccccc2)n1. The maximum atomic E-state index is 9.51. The second-order valence-corrected chi connectivity index (χ2v) is 4.23. The first kappa shape index (κ1) is 13.4. The normalized spacial score (nSPS) is 11.9. The highest BCUT2D eigenvalue weighted by atomic mass is 16.3. The lowest BCUT2D eigenvalue weighted by Crippen LogP contribution is -2.15. The van der Waals surface area contributed by atoms with E-state index in [0.29, 0.717) is 0 Å². The predicted octanol–water partition coefficient (Wildman–Crippen LogP) is 2.66. The van der Waals surface area contributed by atoms with Crippen LogP contribution in [0.15, 0.2) is 48.5 Å². The summed E-state index contributed by atoms with van der Waals surface area (Å²) in [5.74, 6) is 1.58. The van der Waals surface area contributed by atoms with E-state index in [-0.39, 0.29) is 12.6 Å². The molecule has 0 fully saturated rings.